The number of hydrogen-bond donors (Lipinski definition) is 2. The lowest BCUT2D eigenvalue weighted by Gasteiger charge is -2.29. The molecule has 5 rings (SSSR count). The lowest BCUT2D eigenvalue weighted by Crippen LogP contribution is -2.34. The van der Waals surface area contributed by atoms with Gasteiger partial charge in [-0.2, -0.15) is 0 Å². The summed E-state index contributed by atoms with van der Waals surface area (Å²) in [7, 11) is -3.90. The van der Waals surface area contributed by atoms with Crippen molar-refractivity contribution in [3.8, 4) is 11.3 Å². The van der Waals surface area contributed by atoms with Gasteiger partial charge in [-0.3, -0.25) is 0 Å². The quantitative estimate of drug-likeness (QED) is 0.439. The van der Waals surface area contributed by atoms with E-state index in [1.165, 1.54) is 10.9 Å². The number of aryl methyl sites for hydroxylation is 2. The largest absolute Gasteiger partial charge is 0.359 e. The van der Waals surface area contributed by atoms with Crippen LogP contribution in [0.3, 0.4) is 0 Å². The van der Waals surface area contributed by atoms with E-state index in [2.05, 4.69) is 10.0 Å². The summed E-state index contributed by atoms with van der Waals surface area (Å²) in [6, 6.07) is 7.74. The maximum atomic E-state index is 13.9. The van der Waals surface area contributed by atoms with Crippen LogP contribution in [0.15, 0.2) is 41.3 Å². The molecule has 2 N–H and O–H groups in total. The van der Waals surface area contributed by atoms with Crippen LogP contribution in [0.1, 0.15) is 42.5 Å². The smallest absolute Gasteiger partial charge is 0.240 e. The van der Waals surface area contributed by atoms with Crippen molar-refractivity contribution in [3.63, 3.8) is 0 Å². The number of anilines is 1. The Balaban J connectivity index is 1.17. The van der Waals surface area contributed by atoms with Gasteiger partial charge in [-0.15, -0.1) is 11.3 Å². The third kappa shape index (κ3) is 5.39. The molecule has 2 aliphatic carbocycles. The van der Waals surface area contributed by atoms with Crippen molar-refractivity contribution in [3.05, 3.63) is 64.3 Å². The Morgan fingerprint density at radius 2 is 1.77 bits per heavy atom. The summed E-state index contributed by atoms with van der Waals surface area (Å²) in [5.41, 5.74) is 2.90. The van der Waals surface area contributed by atoms with E-state index in [0.29, 0.717) is 6.07 Å². The standard InChI is InChI=1S/C25H26F3N3O2S2/c26-17-7-6-16-2-1-3-23-24(20(16)12-17)31-25(34-23)30-18-8-4-15(5-9-18)14-29-35(32,33)19-10-11-21(27)22(28)13-19/h6-7,10-13,15,18,29H,1-5,8-9,14H2,(H,30,31). The minimum Gasteiger partial charge on any atom is -0.359 e. The second kappa shape index (κ2) is 9.91. The van der Waals surface area contributed by atoms with Gasteiger partial charge >= 0.3 is 0 Å². The Hall–Kier alpha value is -2.43. The predicted octanol–water partition coefficient (Wildman–Crippen LogP) is 5.67. The number of halogens is 3. The third-order valence-corrected chi connectivity index (χ3v) is 9.28. The molecule has 10 heteroatoms. The fourth-order valence-electron chi connectivity index (χ4n) is 4.86. The minimum absolute atomic E-state index is 0.163. The van der Waals surface area contributed by atoms with Gasteiger partial charge in [0.15, 0.2) is 16.8 Å². The van der Waals surface area contributed by atoms with Crippen molar-refractivity contribution < 1.29 is 21.6 Å². The molecule has 3 aromatic rings. The van der Waals surface area contributed by atoms with Crippen molar-refractivity contribution in [2.45, 2.75) is 55.9 Å². The van der Waals surface area contributed by atoms with Gasteiger partial charge in [0.2, 0.25) is 10.0 Å². The van der Waals surface area contributed by atoms with Crippen LogP contribution in [0.4, 0.5) is 18.3 Å². The molecular weight excluding hydrogens is 495 g/mol. The van der Waals surface area contributed by atoms with Crippen molar-refractivity contribution in [1.29, 1.82) is 0 Å². The molecule has 0 bridgehead atoms. The molecule has 0 spiro atoms. The first kappa shape index (κ1) is 24.3. The normalized spacial score (nSPS) is 20.1. The Labute approximate surface area is 206 Å². The van der Waals surface area contributed by atoms with Crippen LogP contribution in [-0.2, 0) is 22.9 Å². The van der Waals surface area contributed by atoms with E-state index >= 15 is 0 Å². The predicted molar refractivity (Wildman–Crippen MR) is 130 cm³/mol. The highest BCUT2D eigenvalue weighted by molar-refractivity contribution is 7.89. The van der Waals surface area contributed by atoms with Crippen molar-refractivity contribution >= 4 is 26.5 Å². The second-order valence-corrected chi connectivity index (χ2v) is 12.1. The number of aromatic nitrogens is 1. The van der Waals surface area contributed by atoms with Crippen LogP contribution in [0.25, 0.3) is 11.3 Å². The number of thiazole rings is 1. The number of nitrogens with zero attached hydrogens (tertiary/aromatic N) is 1. The summed E-state index contributed by atoms with van der Waals surface area (Å²) in [4.78, 5) is 5.71. The number of fused-ring (bicyclic) bond motifs is 3. The number of sulfonamides is 1. The van der Waals surface area contributed by atoms with E-state index in [1.807, 2.05) is 6.07 Å². The summed E-state index contributed by atoms with van der Waals surface area (Å²) in [6.07, 6.45) is 6.26. The van der Waals surface area contributed by atoms with Crippen LogP contribution in [0.5, 0.6) is 0 Å². The van der Waals surface area contributed by atoms with Crippen LogP contribution < -0.4 is 10.0 Å². The summed E-state index contributed by atoms with van der Waals surface area (Å²) in [5, 5.41) is 4.37. The average Bonchev–Trinajstić information content (AvgIpc) is 3.15. The van der Waals surface area contributed by atoms with Gasteiger partial charge in [0.1, 0.15) is 5.82 Å². The van der Waals surface area contributed by atoms with Gasteiger partial charge in [0.05, 0.1) is 10.6 Å². The zero-order valence-corrected chi connectivity index (χ0v) is 20.6. The Morgan fingerprint density at radius 1 is 0.971 bits per heavy atom. The zero-order chi connectivity index (χ0) is 24.6. The molecule has 2 aliphatic rings. The molecular formula is C25H26F3N3O2S2. The van der Waals surface area contributed by atoms with Gasteiger partial charge in [0.25, 0.3) is 0 Å². The van der Waals surface area contributed by atoms with Crippen molar-refractivity contribution in [2.75, 3.05) is 11.9 Å². The van der Waals surface area contributed by atoms with E-state index in [-0.39, 0.29) is 29.2 Å². The Bertz CT molecular complexity index is 1340. The topological polar surface area (TPSA) is 71.1 Å². The van der Waals surface area contributed by atoms with E-state index in [1.54, 1.807) is 17.4 Å². The number of hydrogen-bond acceptors (Lipinski definition) is 5. The molecule has 0 saturated heterocycles. The first-order valence-electron chi connectivity index (χ1n) is 11.8. The minimum atomic E-state index is -3.90. The molecule has 1 fully saturated rings. The summed E-state index contributed by atoms with van der Waals surface area (Å²) in [6.45, 7) is 0.252. The Morgan fingerprint density at radius 3 is 2.54 bits per heavy atom. The summed E-state index contributed by atoms with van der Waals surface area (Å²) in [5.74, 6) is -2.36. The highest BCUT2D eigenvalue weighted by Crippen LogP contribution is 2.38. The molecule has 1 saturated carbocycles. The van der Waals surface area contributed by atoms with Crippen LogP contribution in [-0.4, -0.2) is 26.0 Å². The fourth-order valence-corrected chi connectivity index (χ4v) is 7.08. The van der Waals surface area contributed by atoms with E-state index < -0.39 is 21.7 Å². The molecule has 1 heterocycles. The van der Waals surface area contributed by atoms with Crippen LogP contribution in [0.2, 0.25) is 0 Å². The molecule has 1 aromatic heterocycles. The SMILES string of the molecule is O=S(=O)(NCC1CCC(Nc2nc3c(s2)CCCc2ccc(F)cc2-3)CC1)c1ccc(F)c(F)c1. The van der Waals surface area contributed by atoms with Crippen molar-refractivity contribution in [2.24, 2.45) is 5.92 Å². The van der Waals surface area contributed by atoms with E-state index in [9.17, 15) is 21.6 Å². The van der Waals surface area contributed by atoms with Gasteiger partial charge in [0, 0.05) is 23.0 Å². The van der Waals surface area contributed by atoms with Crippen molar-refractivity contribution in [1.82, 2.24) is 9.71 Å². The number of benzene rings is 2. The molecule has 5 nitrogen and oxygen atoms in total. The highest BCUT2D eigenvalue weighted by atomic mass is 32.2. The van der Waals surface area contributed by atoms with Gasteiger partial charge in [-0.1, -0.05) is 6.07 Å². The molecule has 0 aliphatic heterocycles. The maximum absolute atomic E-state index is 13.9. The molecule has 0 radical (unpaired) electrons. The highest BCUT2D eigenvalue weighted by Gasteiger charge is 2.26. The fraction of sp³-hybridized carbons (Fsp3) is 0.400. The first-order valence-corrected chi connectivity index (χ1v) is 14.1. The number of rotatable bonds is 6. The summed E-state index contributed by atoms with van der Waals surface area (Å²) < 4.78 is 67.8. The first-order chi connectivity index (χ1) is 16.8. The van der Waals surface area contributed by atoms with Crippen LogP contribution in [0, 0.1) is 23.4 Å². The molecule has 0 atom stereocenters. The average molecular weight is 522 g/mol. The van der Waals surface area contributed by atoms with E-state index in [0.717, 1.165) is 79.0 Å². The summed E-state index contributed by atoms with van der Waals surface area (Å²) >= 11 is 1.63. The number of nitrogens with one attached hydrogen (secondary N) is 2. The van der Waals surface area contributed by atoms with Gasteiger partial charge < -0.3 is 5.32 Å². The zero-order valence-electron chi connectivity index (χ0n) is 19.0. The Kier molecular flexibility index (Phi) is 6.87. The van der Waals surface area contributed by atoms with E-state index in [4.69, 9.17) is 4.98 Å². The van der Waals surface area contributed by atoms with Gasteiger partial charge in [-0.25, -0.2) is 31.3 Å². The van der Waals surface area contributed by atoms with Crippen LogP contribution >= 0.6 is 11.3 Å². The molecule has 186 valence electrons. The molecule has 2 aromatic carbocycles. The monoisotopic (exact) mass is 521 g/mol. The molecule has 35 heavy (non-hydrogen) atoms. The third-order valence-electron chi connectivity index (χ3n) is 6.81. The molecule has 0 unspecified atom stereocenters. The van der Waals surface area contributed by atoms with Gasteiger partial charge in [-0.05, 0) is 86.8 Å². The maximum Gasteiger partial charge on any atom is 0.240 e. The lowest BCUT2D eigenvalue weighted by atomic mass is 9.86. The second-order valence-electron chi connectivity index (χ2n) is 9.24. The molecule has 0 amide bonds. The lowest BCUT2D eigenvalue weighted by molar-refractivity contribution is 0.337.